The maximum absolute atomic E-state index is 12.4. The Kier molecular flexibility index (Phi) is 6.68. The maximum Gasteiger partial charge on any atom is 0.233 e. The molecule has 1 fully saturated rings. The molecule has 7 heteroatoms. The van der Waals surface area contributed by atoms with Gasteiger partial charge in [0.05, 0.1) is 12.3 Å². The van der Waals surface area contributed by atoms with Gasteiger partial charge in [-0.1, -0.05) is 30.0 Å². The minimum absolute atomic E-state index is 0.142. The minimum Gasteiger partial charge on any atom is -0.343 e. The standard InChI is InChI=1S/C19H27N5OS/c1-3-23(4-2)18(25)15-26-19-21-20-17(14-22-12-8-9-13-22)24(19)16-10-6-5-7-11-16/h5-7,10-11H,3-4,8-9,12-15H2,1-2H3. The summed E-state index contributed by atoms with van der Waals surface area (Å²) in [7, 11) is 0. The second-order valence-corrected chi connectivity index (χ2v) is 7.35. The summed E-state index contributed by atoms with van der Waals surface area (Å²) in [5.74, 6) is 1.47. The molecule has 0 radical (unpaired) electrons. The zero-order chi connectivity index (χ0) is 18.4. The van der Waals surface area contributed by atoms with Crippen LogP contribution < -0.4 is 0 Å². The molecule has 3 rings (SSSR count). The molecule has 0 atom stereocenters. The molecule has 0 aliphatic carbocycles. The summed E-state index contributed by atoms with van der Waals surface area (Å²) in [6.07, 6.45) is 2.50. The summed E-state index contributed by atoms with van der Waals surface area (Å²) in [5, 5.41) is 9.62. The lowest BCUT2D eigenvalue weighted by Gasteiger charge is -2.18. The van der Waals surface area contributed by atoms with E-state index in [-0.39, 0.29) is 5.91 Å². The summed E-state index contributed by atoms with van der Waals surface area (Å²) in [6.45, 7) is 8.52. The number of carbonyl (C=O) groups is 1. The Morgan fingerprint density at radius 1 is 1.12 bits per heavy atom. The fraction of sp³-hybridized carbons (Fsp3) is 0.526. The molecule has 26 heavy (non-hydrogen) atoms. The van der Waals surface area contributed by atoms with E-state index >= 15 is 0 Å². The first-order valence-electron chi connectivity index (χ1n) is 9.35. The highest BCUT2D eigenvalue weighted by Crippen LogP contribution is 2.24. The van der Waals surface area contributed by atoms with E-state index in [0.29, 0.717) is 5.75 Å². The first-order valence-corrected chi connectivity index (χ1v) is 10.3. The number of hydrogen-bond acceptors (Lipinski definition) is 5. The number of thioether (sulfide) groups is 1. The van der Waals surface area contributed by atoms with Crippen LogP contribution in [0.3, 0.4) is 0 Å². The van der Waals surface area contributed by atoms with Gasteiger partial charge in [-0.05, 0) is 51.9 Å². The number of aromatic nitrogens is 3. The number of hydrogen-bond donors (Lipinski definition) is 0. The minimum atomic E-state index is 0.142. The lowest BCUT2D eigenvalue weighted by atomic mass is 10.3. The molecular formula is C19H27N5OS. The molecule has 0 saturated carbocycles. The van der Waals surface area contributed by atoms with E-state index in [1.54, 1.807) is 0 Å². The molecule has 1 aliphatic heterocycles. The van der Waals surface area contributed by atoms with Crippen LogP contribution in [0.4, 0.5) is 0 Å². The number of benzene rings is 1. The number of amides is 1. The molecule has 6 nitrogen and oxygen atoms in total. The predicted molar refractivity (Wildman–Crippen MR) is 105 cm³/mol. The fourth-order valence-electron chi connectivity index (χ4n) is 3.27. The van der Waals surface area contributed by atoms with Crippen molar-refractivity contribution < 1.29 is 4.79 Å². The van der Waals surface area contributed by atoms with E-state index < -0.39 is 0 Å². The number of para-hydroxylation sites is 1. The molecule has 1 aliphatic rings. The molecule has 2 heterocycles. The summed E-state index contributed by atoms with van der Waals surface area (Å²) in [6, 6.07) is 10.2. The third kappa shape index (κ3) is 4.45. The van der Waals surface area contributed by atoms with Crippen LogP contribution in [0.2, 0.25) is 0 Å². The van der Waals surface area contributed by atoms with Crippen LogP contribution in [0.5, 0.6) is 0 Å². The van der Waals surface area contributed by atoms with Gasteiger partial charge in [-0.15, -0.1) is 10.2 Å². The fourth-order valence-corrected chi connectivity index (χ4v) is 4.14. The molecule has 1 aromatic heterocycles. The molecular weight excluding hydrogens is 346 g/mol. The van der Waals surface area contributed by atoms with Crippen molar-refractivity contribution in [2.45, 2.75) is 38.4 Å². The summed E-state index contributed by atoms with van der Waals surface area (Å²) in [4.78, 5) is 16.6. The number of carbonyl (C=O) groups excluding carboxylic acids is 1. The second-order valence-electron chi connectivity index (χ2n) is 6.41. The Hall–Kier alpha value is -1.86. The normalized spacial score (nSPS) is 14.7. The molecule has 140 valence electrons. The molecule has 2 aromatic rings. The summed E-state index contributed by atoms with van der Waals surface area (Å²) >= 11 is 1.47. The molecule has 0 unspecified atom stereocenters. The van der Waals surface area contributed by atoms with E-state index in [4.69, 9.17) is 0 Å². The van der Waals surface area contributed by atoms with E-state index in [2.05, 4.69) is 31.8 Å². The van der Waals surface area contributed by atoms with Gasteiger partial charge in [0.15, 0.2) is 11.0 Å². The van der Waals surface area contributed by atoms with Gasteiger partial charge in [-0.3, -0.25) is 14.3 Å². The molecule has 0 bridgehead atoms. The first kappa shape index (κ1) is 18.9. The van der Waals surface area contributed by atoms with Gasteiger partial charge < -0.3 is 4.90 Å². The number of likely N-dealkylation sites (tertiary alicyclic amines) is 1. The van der Waals surface area contributed by atoms with Crippen molar-refractivity contribution >= 4 is 17.7 Å². The molecule has 1 saturated heterocycles. The van der Waals surface area contributed by atoms with Crippen LogP contribution in [0.15, 0.2) is 35.5 Å². The monoisotopic (exact) mass is 373 g/mol. The van der Waals surface area contributed by atoms with Gasteiger partial charge in [0.25, 0.3) is 0 Å². The zero-order valence-corrected chi connectivity index (χ0v) is 16.4. The van der Waals surface area contributed by atoms with Crippen molar-refractivity contribution in [3.8, 4) is 5.69 Å². The highest BCUT2D eigenvalue weighted by Gasteiger charge is 2.20. The molecule has 0 N–H and O–H groups in total. The van der Waals surface area contributed by atoms with Crippen LogP contribution in [0, 0.1) is 0 Å². The van der Waals surface area contributed by atoms with Crippen molar-refractivity contribution in [3.63, 3.8) is 0 Å². The van der Waals surface area contributed by atoms with Gasteiger partial charge in [0.1, 0.15) is 0 Å². The Bertz CT molecular complexity index is 708. The van der Waals surface area contributed by atoms with Gasteiger partial charge >= 0.3 is 0 Å². The van der Waals surface area contributed by atoms with E-state index in [9.17, 15) is 4.79 Å². The zero-order valence-electron chi connectivity index (χ0n) is 15.6. The average molecular weight is 374 g/mol. The first-order chi connectivity index (χ1) is 12.7. The van der Waals surface area contributed by atoms with Crippen LogP contribution in [-0.4, -0.2) is 62.4 Å². The predicted octanol–water partition coefficient (Wildman–Crippen LogP) is 2.82. The van der Waals surface area contributed by atoms with Crippen LogP contribution in [-0.2, 0) is 11.3 Å². The van der Waals surface area contributed by atoms with E-state index in [1.807, 2.05) is 36.9 Å². The maximum atomic E-state index is 12.4. The van der Waals surface area contributed by atoms with Crippen molar-refractivity contribution in [3.05, 3.63) is 36.2 Å². The third-order valence-electron chi connectivity index (χ3n) is 4.72. The van der Waals surface area contributed by atoms with Gasteiger partial charge in [0, 0.05) is 18.8 Å². The van der Waals surface area contributed by atoms with Crippen molar-refractivity contribution in [2.24, 2.45) is 0 Å². The summed E-state index contributed by atoms with van der Waals surface area (Å²) in [5.41, 5.74) is 1.05. The quantitative estimate of drug-likeness (QED) is 0.666. The van der Waals surface area contributed by atoms with Crippen LogP contribution in [0.1, 0.15) is 32.5 Å². The van der Waals surface area contributed by atoms with E-state index in [0.717, 1.165) is 49.4 Å². The van der Waals surface area contributed by atoms with Crippen molar-refractivity contribution in [1.82, 2.24) is 24.6 Å². The molecule has 1 aromatic carbocycles. The van der Waals surface area contributed by atoms with Crippen LogP contribution >= 0.6 is 11.8 Å². The Balaban J connectivity index is 1.80. The van der Waals surface area contributed by atoms with Gasteiger partial charge in [0.2, 0.25) is 5.91 Å². The highest BCUT2D eigenvalue weighted by molar-refractivity contribution is 7.99. The highest BCUT2D eigenvalue weighted by atomic mass is 32.2. The smallest absolute Gasteiger partial charge is 0.233 e. The lowest BCUT2D eigenvalue weighted by Crippen LogP contribution is -2.31. The largest absolute Gasteiger partial charge is 0.343 e. The SMILES string of the molecule is CCN(CC)C(=O)CSc1nnc(CN2CCCC2)n1-c1ccccc1. The number of rotatable bonds is 8. The van der Waals surface area contributed by atoms with Crippen molar-refractivity contribution in [2.75, 3.05) is 31.9 Å². The summed E-state index contributed by atoms with van der Waals surface area (Å²) < 4.78 is 2.10. The topological polar surface area (TPSA) is 54.3 Å². The third-order valence-corrected chi connectivity index (χ3v) is 5.63. The van der Waals surface area contributed by atoms with Crippen LogP contribution in [0.25, 0.3) is 5.69 Å². The lowest BCUT2D eigenvalue weighted by molar-refractivity contribution is -0.127. The average Bonchev–Trinajstić information content (AvgIpc) is 3.32. The van der Waals surface area contributed by atoms with Gasteiger partial charge in [-0.2, -0.15) is 0 Å². The Labute approximate surface area is 159 Å². The van der Waals surface area contributed by atoms with Gasteiger partial charge in [-0.25, -0.2) is 0 Å². The Morgan fingerprint density at radius 2 is 1.81 bits per heavy atom. The van der Waals surface area contributed by atoms with E-state index in [1.165, 1.54) is 24.6 Å². The number of nitrogens with zero attached hydrogens (tertiary/aromatic N) is 5. The van der Waals surface area contributed by atoms with Crippen molar-refractivity contribution in [1.29, 1.82) is 0 Å². The molecule has 1 amide bonds. The second kappa shape index (κ2) is 9.19. The molecule has 0 spiro atoms. The Morgan fingerprint density at radius 3 is 2.46 bits per heavy atom.